The number of thiophene rings is 1. The second-order valence-electron chi connectivity index (χ2n) is 14.5. The number of nitrogens with zero attached hydrogens (tertiary/aromatic N) is 2. The van der Waals surface area contributed by atoms with Crippen LogP contribution in [0.4, 0.5) is 17.1 Å². The van der Waals surface area contributed by atoms with Crippen LogP contribution in [0.25, 0.3) is 81.0 Å². The van der Waals surface area contributed by atoms with Gasteiger partial charge in [0, 0.05) is 38.1 Å². The summed E-state index contributed by atoms with van der Waals surface area (Å²) in [4.78, 5) is 2.42. The normalized spacial score (nSPS) is 11.5. The Morgan fingerprint density at radius 1 is 0.368 bits per heavy atom. The van der Waals surface area contributed by atoms with E-state index in [-0.39, 0.29) is 0 Å². The highest BCUT2D eigenvalue weighted by Crippen LogP contribution is 2.47. The third kappa shape index (κ3) is 5.63. The zero-order valence-corrected chi connectivity index (χ0v) is 31.9. The average molecular weight is 745 g/mol. The number of hydrogen-bond donors (Lipinski definition) is 0. The van der Waals surface area contributed by atoms with Crippen molar-refractivity contribution in [2.24, 2.45) is 0 Å². The molecule has 3 heteroatoms. The Morgan fingerprint density at radius 3 is 1.82 bits per heavy atom. The van der Waals surface area contributed by atoms with E-state index in [0.29, 0.717) is 0 Å². The first kappa shape index (κ1) is 33.2. The van der Waals surface area contributed by atoms with Crippen LogP contribution in [0.1, 0.15) is 0 Å². The molecule has 57 heavy (non-hydrogen) atoms. The largest absolute Gasteiger partial charge is 0.310 e. The molecule has 268 valence electrons. The minimum atomic E-state index is 1.10. The van der Waals surface area contributed by atoms with Crippen molar-refractivity contribution in [2.45, 2.75) is 0 Å². The monoisotopic (exact) mass is 744 g/mol. The minimum Gasteiger partial charge on any atom is -0.310 e. The fourth-order valence-electron chi connectivity index (χ4n) is 8.60. The summed E-state index contributed by atoms with van der Waals surface area (Å²) in [5, 5.41) is 5.06. The van der Waals surface area contributed by atoms with Gasteiger partial charge in [-0.15, -0.1) is 11.3 Å². The predicted molar refractivity (Wildman–Crippen MR) is 245 cm³/mol. The number of fused-ring (bicyclic) bond motifs is 6. The molecule has 11 aromatic rings. The van der Waals surface area contributed by atoms with E-state index in [9.17, 15) is 0 Å². The number of hydrogen-bond acceptors (Lipinski definition) is 2. The van der Waals surface area contributed by atoms with Gasteiger partial charge in [-0.3, -0.25) is 0 Å². The molecule has 0 bridgehead atoms. The van der Waals surface area contributed by atoms with E-state index in [1.54, 1.807) is 0 Å². The molecule has 0 amide bonds. The maximum absolute atomic E-state index is 2.44. The van der Waals surface area contributed by atoms with Crippen molar-refractivity contribution in [3.63, 3.8) is 0 Å². The van der Waals surface area contributed by atoms with Gasteiger partial charge in [-0.1, -0.05) is 170 Å². The lowest BCUT2D eigenvalue weighted by Crippen LogP contribution is -2.11. The molecule has 9 aromatic carbocycles. The number of para-hydroxylation sites is 3. The first-order valence-electron chi connectivity index (χ1n) is 19.4. The van der Waals surface area contributed by atoms with Crippen LogP contribution in [-0.4, -0.2) is 4.57 Å². The Kier molecular flexibility index (Phi) is 8.04. The van der Waals surface area contributed by atoms with E-state index in [2.05, 4.69) is 228 Å². The van der Waals surface area contributed by atoms with E-state index in [0.717, 1.165) is 17.1 Å². The maximum Gasteiger partial charge on any atom is 0.0727 e. The summed E-state index contributed by atoms with van der Waals surface area (Å²) >= 11 is 1.90. The minimum absolute atomic E-state index is 1.10. The van der Waals surface area contributed by atoms with Crippen LogP contribution in [0.3, 0.4) is 0 Å². The van der Waals surface area contributed by atoms with Crippen LogP contribution in [0.15, 0.2) is 218 Å². The first-order valence-corrected chi connectivity index (χ1v) is 20.3. The third-order valence-electron chi connectivity index (χ3n) is 11.2. The highest BCUT2D eigenvalue weighted by Gasteiger charge is 2.21. The Morgan fingerprint density at radius 2 is 0.965 bits per heavy atom. The quantitative estimate of drug-likeness (QED) is 0.158. The van der Waals surface area contributed by atoms with Crippen molar-refractivity contribution in [1.82, 2.24) is 4.57 Å². The van der Waals surface area contributed by atoms with Gasteiger partial charge in [-0.05, 0) is 87.1 Å². The molecule has 0 N–H and O–H groups in total. The van der Waals surface area contributed by atoms with E-state index in [1.165, 1.54) is 81.0 Å². The summed E-state index contributed by atoms with van der Waals surface area (Å²) in [7, 11) is 0. The van der Waals surface area contributed by atoms with Gasteiger partial charge in [0.1, 0.15) is 0 Å². The van der Waals surface area contributed by atoms with Crippen molar-refractivity contribution in [1.29, 1.82) is 0 Å². The van der Waals surface area contributed by atoms with E-state index < -0.39 is 0 Å². The van der Waals surface area contributed by atoms with Crippen molar-refractivity contribution < 1.29 is 0 Å². The molecule has 0 saturated carbocycles. The van der Waals surface area contributed by atoms with Gasteiger partial charge in [0.2, 0.25) is 0 Å². The summed E-state index contributed by atoms with van der Waals surface area (Å²) in [5.41, 5.74) is 14.2. The highest BCUT2D eigenvalue weighted by atomic mass is 32.1. The standard InChI is InChI=1S/C54H36N2S/c1-3-16-38(17-4-1)46-25-9-11-30-50(46)55(42-34-32-39(33-35-42)45-27-14-19-37-18-7-8-24-44(37)45)43-23-13-20-40(36-43)47-28-15-29-49-52-54(57-53(47)49)48-26-10-12-31-51(48)56(52)41-21-5-2-6-22-41/h1-36H. The lowest BCUT2D eigenvalue weighted by molar-refractivity contribution is 1.19. The van der Waals surface area contributed by atoms with Crippen LogP contribution in [0.2, 0.25) is 0 Å². The lowest BCUT2D eigenvalue weighted by atomic mass is 9.97. The van der Waals surface area contributed by atoms with Crippen LogP contribution >= 0.6 is 11.3 Å². The number of anilines is 3. The molecule has 0 saturated heterocycles. The summed E-state index contributed by atoms with van der Waals surface area (Å²) in [6, 6.07) is 79.2. The number of aromatic nitrogens is 1. The molecule has 0 aliphatic rings. The number of rotatable bonds is 7. The summed E-state index contributed by atoms with van der Waals surface area (Å²) < 4.78 is 5.05. The van der Waals surface area contributed by atoms with Crippen molar-refractivity contribution in [3.8, 4) is 39.1 Å². The van der Waals surface area contributed by atoms with Crippen molar-refractivity contribution in [2.75, 3.05) is 4.90 Å². The molecule has 2 aromatic heterocycles. The SMILES string of the molecule is c1ccc(-c2ccccc2N(c2ccc(-c3cccc4ccccc34)cc2)c2cccc(-c3cccc4c3sc3c5ccccc5n(-c5ccccc5)c43)c2)cc1. The molecule has 0 spiro atoms. The second kappa shape index (κ2) is 13.8. The van der Waals surface area contributed by atoms with Crippen LogP contribution < -0.4 is 4.90 Å². The zero-order valence-electron chi connectivity index (χ0n) is 31.1. The summed E-state index contributed by atoms with van der Waals surface area (Å²) in [5.74, 6) is 0. The Bertz CT molecular complexity index is 3220. The third-order valence-corrected chi connectivity index (χ3v) is 12.4. The van der Waals surface area contributed by atoms with Crippen LogP contribution in [-0.2, 0) is 0 Å². The highest BCUT2D eigenvalue weighted by molar-refractivity contribution is 7.27. The molecule has 0 radical (unpaired) electrons. The Balaban J connectivity index is 1.09. The van der Waals surface area contributed by atoms with Gasteiger partial charge in [0.05, 0.1) is 21.4 Å². The fraction of sp³-hybridized carbons (Fsp3) is 0. The first-order chi connectivity index (χ1) is 28.3. The van der Waals surface area contributed by atoms with Crippen LogP contribution in [0, 0.1) is 0 Å². The smallest absolute Gasteiger partial charge is 0.0727 e. The molecule has 11 rings (SSSR count). The Hall–Kier alpha value is -7.20. The average Bonchev–Trinajstić information content (AvgIpc) is 3.82. The van der Waals surface area contributed by atoms with Gasteiger partial charge < -0.3 is 9.47 Å². The van der Waals surface area contributed by atoms with Gasteiger partial charge in [0.25, 0.3) is 0 Å². The summed E-state index contributed by atoms with van der Waals surface area (Å²) in [6.45, 7) is 0. The van der Waals surface area contributed by atoms with Gasteiger partial charge in [-0.25, -0.2) is 0 Å². The zero-order chi connectivity index (χ0) is 37.7. The van der Waals surface area contributed by atoms with Crippen molar-refractivity contribution in [3.05, 3.63) is 218 Å². The van der Waals surface area contributed by atoms with E-state index in [1.807, 2.05) is 11.3 Å². The molecular formula is C54H36N2S. The molecule has 0 fully saturated rings. The molecule has 0 atom stereocenters. The fourth-order valence-corrected chi connectivity index (χ4v) is 9.96. The molecule has 2 nitrogen and oxygen atoms in total. The van der Waals surface area contributed by atoms with Crippen LogP contribution in [0.5, 0.6) is 0 Å². The van der Waals surface area contributed by atoms with E-state index in [4.69, 9.17) is 0 Å². The van der Waals surface area contributed by atoms with Gasteiger partial charge in [-0.2, -0.15) is 0 Å². The molecular weight excluding hydrogens is 709 g/mol. The molecule has 0 unspecified atom stereocenters. The second-order valence-corrected chi connectivity index (χ2v) is 15.5. The molecule has 0 aliphatic carbocycles. The van der Waals surface area contributed by atoms with Gasteiger partial charge in [0.15, 0.2) is 0 Å². The number of benzene rings is 9. The van der Waals surface area contributed by atoms with Gasteiger partial charge >= 0.3 is 0 Å². The maximum atomic E-state index is 2.44. The predicted octanol–water partition coefficient (Wildman–Crippen LogP) is 15.6. The topological polar surface area (TPSA) is 8.17 Å². The lowest BCUT2D eigenvalue weighted by Gasteiger charge is -2.28. The molecule has 0 aliphatic heterocycles. The molecule has 2 heterocycles. The van der Waals surface area contributed by atoms with E-state index >= 15 is 0 Å². The van der Waals surface area contributed by atoms with Crippen molar-refractivity contribution >= 4 is 70.4 Å². The Labute approximate surface area is 335 Å². The summed E-state index contributed by atoms with van der Waals surface area (Å²) in [6.07, 6.45) is 0.